The fraction of sp³-hybridized carbons (Fsp3) is 0.588. The molecule has 1 amide bonds. The quantitative estimate of drug-likeness (QED) is 0.875. The van der Waals surface area contributed by atoms with Crippen molar-refractivity contribution in [1.82, 2.24) is 4.90 Å². The van der Waals surface area contributed by atoms with Crippen LogP contribution in [0, 0.1) is 0 Å². The number of rotatable bonds is 5. The Kier molecular flexibility index (Phi) is 5.76. The van der Waals surface area contributed by atoms with Crippen molar-refractivity contribution < 1.29 is 4.79 Å². The van der Waals surface area contributed by atoms with Gasteiger partial charge in [0.15, 0.2) is 0 Å². The molecule has 1 fully saturated rings. The largest absolute Gasteiger partial charge is 0.328 e. The molecule has 0 atom stereocenters. The number of carbonyl (C=O) groups is 1. The van der Waals surface area contributed by atoms with Crippen molar-refractivity contribution in [2.24, 2.45) is 5.73 Å². The first-order valence-electron chi connectivity index (χ1n) is 7.93. The second-order valence-electron chi connectivity index (χ2n) is 6.08. The van der Waals surface area contributed by atoms with Crippen LogP contribution in [0.3, 0.4) is 0 Å². The maximum absolute atomic E-state index is 12.1. The molecule has 1 aromatic rings. The number of aryl methyl sites for hydroxylation is 1. The Balaban J connectivity index is 1.80. The van der Waals surface area contributed by atoms with Crippen molar-refractivity contribution in [3.8, 4) is 0 Å². The van der Waals surface area contributed by atoms with Crippen LogP contribution in [0.4, 0.5) is 5.69 Å². The zero-order valence-electron chi connectivity index (χ0n) is 13.1. The van der Waals surface area contributed by atoms with Crippen molar-refractivity contribution in [3.63, 3.8) is 0 Å². The molecular weight excluding hydrogens is 262 g/mol. The number of hydrogen-bond donors (Lipinski definition) is 2. The summed E-state index contributed by atoms with van der Waals surface area (Å²) >= 11 is 0. The summed E-state index contributed by atoms with van der Waals surface area (Å²) in [5, 5.41) is 2.97. The minimum Gasteiger partial charge on any atom is -0.328 e. The lowest BCUT2D eigenvalue weighted by Gasteiger charge is -2.33. The van der Waals surface area contributed by atoms with Gasteiger partial charge in [-0.3, -0.25) is 9.69 Å². The molecule has 0 bridgehead atoms. The van der Waals surface area contributed by atoms with Gasteiger partial charge in [0.1, 0.15) is 0 Å². The van der Waals surface area contributed by atoms with Crippen molar-refractivity contribution in [2.75, 3.05) is 18.9 Å². The number of amides is 1. The van der Waals surface area contributed by atoms with E-state index < -0.39 is 0 Å². The highest BCUT2D eigenvalue weighted by Crippen LogP contribution is 2.21. The maximum atomic E-state index is 12.1. The lowest BCUT2D eigenvalue weighted by atomic mass is 9.91. The number of hydrogen-bond acceptors (Lipinski definition) is 3. The zero-order valence-corrected chi connectivity index (χ0v) is 13.1. The number of nitrogens with two attached hydrogens (primary N) is 1. The summed E-state index contributed by atoms with van der Waals surface area (Å²) in [4.78, 5) is 14.3. The van der Waals surface area contributed by atoms with E-state index in [9.17, 15) is 4.79 Å². The summed E-state index contributed by atoms with van der Waals surface area (Å²) in [6, 6.07) is 8.88. The van der Waals surface area contributed by atoms with E-state index in [1.54, 1.807) is 0 Å². The van der Waals surface area contributed by atoms with E-state index >= 15 is 0 Å². The molecule has 1 aromatic carbocycles. The first-order valence-corrected chi connectivity index (χ1v) is 7.93. The van der Waals surface area contributed by atoms with Crippen LogP contribution in [-0.4, -0.2) is 36.5 Å². The molecule has 0 spiro atoms. The van der Waals surface area contributed by atoms with Crippen LogP contribution in [0.2, 0.25) is 0 Å². The molecule has 1 saturated carbocycles. The van der Waals surface area contributed by atoms with Crippen molar-refractivity contribution in [2.45, 2.75) is 51.1 Å². The highest BCUT2D eigenvalue weighted by atomic mass is 16.2. The van der Waals surface area contributed by atoms with Crippen molar-refractivity contribution >= 4 is 11.6 Å². The molecule has 0 saturated heterocycles. The Morgan fingerprint density at radius 3 is 2.43 bits per heavy atom. The summed E-state index contributed by atoms with van der Waals surface area (Å²) in [6.45, 7) is 2.56. The first-order chi connectivity index (χ1) is 10.1. The summed E-state index contributed by atoms with van der Waals surface area (Å²) in [5.74, 6) is 0.0524. The number of likely N-dealkylation sites (N-methyl/N-ethyl adjacent to an activating group) is 1. The van der Waals surface area contributed by atoms with Gasteiger partial charge < -0.3 is 11.1 Å². The van der Waals surface area contributed by atoms with Gasteiger partial charge in [-0.05, 0) is 56.8 Å². The highest BCUT2D eigenvalue weighted by molar-refractivity contribution is 5.92. The number of anilines is 1. The third-order valence-electron chi connectivity index (χ3n) is 4.40. The molecule has 0 aliphatic heterocycles. The van der Waals surface area contributed by atoms with Crippen molar-refractivity contribution in [3.05, 3.63) is 29.8 Å². The Hall–Kier alpha value is -1.39. The standard InChI is InChI=1S/C17H27N3O/c1-3-13-4-8-15(9-5-13)19-17(21)12-20(2)16-10-6-14(18)7-11-16/h4-5,8-9,14,16H,3,6-7,10-12,18H2,1-2H3,(H,19,21). The molecule has 1 aliphatic carbocycles. The summed E-state index contributed by atoms with van der Waals surface area (Å²) in [7, 11) is 2.03. The summed E-state index contributed by atoms with van der Waals surface area (Å²) < 4.78 is 0. The van der Waals surface area contributed by atoms with Crippen LogP contribution >= 0.6 is 0 Å². The number of benzene rings is 1. The molecule has 4 nitrogen and oxygen atoms in total. The molecular formula is C17H27N3O. The average molecular weight is 289 g/mol. The summed E-state index contributed by atoms with van der Waals surface area (Å²) in [6.07, 6.45) is 5.33. The van der Waals surface area contributed by atoms with Crippen LogP contribution in [0.1, 0.15) is 38.2 Å². The van der Waals surface area contributed by atoms with Gasteiger partial charge in [-0.15, -0.1) is 0 Å². The van der Waals surface area contributed by atoms with Gasteiger partial charge in [-0.25, -0.2) is 0 Å². The molecule has 21 heavy (non-hydrogen) atoms. The van der Waals surface area contributed by atoms with E-state index in [0.717, 1.165) is 37.8 Å². The van der Waals surface area contributed by atoms with Gasteiger partial charge in [0.2, 0.25) is 5.91 Å². The Morgan fingerprint density at radius 1 is 1.24 bits per heavy atom. The molecule has 0 heterocycles. The van der Waals surface area contributed by atoms with Gasteiger partial charge in [-0.1, -0.05) is 19.1 Å². The van der Waals surface area contributed by atoms with Crippen LogP contribution in [0.15, 0.2) is 24.3 Å². The number of carbonyl (C=O) groups excluding carboxylic acids is 1. The van der Waals surface area contributed by atoms with Gasteiger partial charge in [0.05, 0.1) is 6.54 Å². The van der Waals surface area contributed by atoms with E-state index in [2.05, 4.69) is 29.3 Å². The van der Waals surface area contributed by atoms with Gasteiger partial charge in [0.25, 0.3) is 0 Å². The fourth-order valence-corrected chi connectivity index (χ4v) is 2.92. The van der Waals surface area contributed by atoms with Crippen LogP contribution in [0.5, 0.6) is 0 Å². The van der Waals surface area contributed by atoms with Gasteiger partial charge in [0, 0.05) is 17.8 Å². The zero-order chi connectivity index (χ0) is 15.2. The molecule has 116 valence electrons. The van der Waals surface area contributed by atoms with E-state index in [1.165, 1.54) is 5.56 Å². The van der Waals surface area contributed by atoms with E-state index in [1.807, 2.05) is 19.2 Å². The van der Waals surface area contributed by atoms with Crippen LogP contribution < -0.4 is 11.1 Å². The lowest BCUT2D eigenvalue weighted by Crippen LogP contribution is -2.42. The normalized spacial score (nSPS) is 22.3. The average Bonchev–Trinajstić information content (AvgIpc) is 2.48. The van der Waals surface area contributed by atoms with Gasteiger partial charge >= 0.3 is 0 Å². The lowest BCUT2D eigenvalue weighted by molar-refractivity contribution is -0.117. The number of nitrogens with zero attached hydrogens (tertiary/aromatic N) is 1. The highest BCUT2D eigenvalue weighted by Gasteiger charge is 2.23. The van der Waals surface area contributed by atoms with Crippen molar-refractivity contribution in [1.29, 1.82) is 0 Å². The third kappa shape index (κ3) is 4.83. The molecule has 3 N–H and O–H groups in total. The minimum atomic E-state index is 0.0524. The summed E-state index contributed by atoms with van der Waals surface area (Å²) in [5.41, 5.74) is 8.08. The predicted octanol–water partition coefficient (Wildman–Crippen LogP) is 2.39. The van der Waals surface area contributed by atoms with E-state index in [0.29, 0.717) is 18.6 Å². The smallest absolute Gasteiger partial charge is 0.238 e. The maximum Gasteiger partial charge on any atom is 0.238 e. The monoisotopic (exact) mass is 289 g/mol. The predicted molar refractivity (Wildman–Crippen MR) is 87.3 cm³/mol. The van der Waals surface area contributed by atoms with E-state index in [-0.39, 0.29) is 5.91 Å². The molecule has 0 aromatic heterocycles. The third-order valence-corrected chi connectivity index (χ3v) is 4.40. The molecule has 0 radical (unpaired) electrons. The Labute approximate surface area is 127 Å². The number of nitrogens with one attached hydrogen (secondary N) is 1. The van der Waals surface area contributed by atoms with Gasteiger partial charge in [-0.2, -0.15) is 0 Å². The fourth-order valence-electron chi connectivity index (χ4n) is 2.92. The van der Waals surface area contributed by atoms with Crippen LogP contribution in [-0.2, 0) is 11.2 Å². The molecule has 1 aliphatic rings. The Bertz CT molecular complexity index is 450. The Morgan fingerprint density at radius 2 is 1.86 bits per heavy atom. The SMILES string of the molecule is CCc1ccc(NC(=O)CN(C)C2CCC(N)CC2)cc1. The minimum absolute atomic E-state index is 0.0524. The second kappa shape index (κ2) is 7.57. The first kappa shape index (κ1) is 16.0. The second-order valence-corrected chi connectivity index (χ2v) is 6.08. The molecule has 2 rings (SSSR count). The van der Waals surface area contributed by atoms with Crippen LogP contribution in [0.25, 0.3) is 0 Å². The molecule has 4 heteroatoms. The topological polar surface area (TPSA) is 58.4 Å². The molecule has 0 unspecified atom stereocenters. The van der Waals surface area contributed by atoms with E-state index in [4.69, 9.17) is 5.73 Å².